The van der Waals surface area contributed by atoms with Gasteiger partial charge in [-0.05, 0) is 62.5 Å². The molecule has 0 unspecified atom stereocenters. The summed E-state index contributed by atoms with van der Waals surface area (Å²) in [7, 11) is 0. The summed E-state index contributed by atoms with van der Waals surface area (Å²) in [6, 6.07) is 11.4. The first-order valence-corrected chi connectivity index (χ1v) is 10.4. The average molecular weight is 441 g/mol. The molecule has 156 valence electrons. The molecule has 1 saturated heterocycles. The average Bonchev–Trinajstić information content (AvgIpc) is 2.81. The molecular formula is C20H24N8S2. The molecule has 0 radical (unpaired) electrons. The first-order valence-electron chi connectivity index (χ1n) is 9.56. The largest absolute Gasteiger partial charge is 0.344 e. The van der Waals surface area contributed by atoms with Gasteiger partial charge in [0.25, 0.3) is 0 Å². The van der Waals surface area contributed by atoms with E-state index in [1.807, 2.05) is 50.2 Å². The fourth-order valence-electron chi connectivity index (χ4n) is 2.79. The molecule has 0 aliphatic carbocycles. The van der Waals surface area contributed by atoms with Crippen molar-refractivity contribution in [3.05, 3.63) is 60.2 Å². The van der Waals surface area contributed by atoms with Crippen LogP contribution < -0.4 is 10.9 Å². The van der Waals surface area contributed by atoms with Crippen LogP contribution in [0.25, 0.3) is 0 Å². The van der Waals surface area contributed by atoms with Crippen molar-refractivity contribution < 1.29 is 0 Å². The Hall–Kier alpha value is -2.98. The van der Waals surface area contributed by atoms with E-state index in [9.17, 15) is 0 Å². The summed E-state index contributed by atoms with van der Waals surface area (Å²) in [5.41, 5.74) is 9.12. The van der Waals surface area contributed by atoms with Crippen molar-refractivity contribution in [2.75, 3.05) is 26.2 Å². The normalized spacial score (nSPS) is 15.0. The minimum Gasteiger partial charge on any atom is -0.344 e. The van der Waals surface area contributed by atoms with Crippen LogP contribution >= 0.6 is 24.4 Å². The fraction of sp³-hybridized carbons (Fsp3) is 0.300. The number of hydrazone groups is 2. The minimum absolute atomic E-state index is 0.591. The van der Waals surface area contributed by atoms with E-state index in [2.05, 4.69) is 40.8 Å². The van der Waals surface area contributed by atoms with Crippen LogP contribution in [-0.2, 0) is 0 Å². The third-order valence-electron chi connectivity index (χ3n) is 4.56. The Morgan fingerprint density at radius 3 is 1.50 bits per heavy atom. The Labute approximate surface area is 187 Å². The lowest BCUT2D eigenvalue weighted by molar-refractivity contribution is 0.255. The molecule has 0 saturated carbocycles. The van der Waals surface area contributed by atoms with Crippen molar-refractivity contribution in [1.82, 2.24) is 30.6 Å². The molecule has 2 N–H and O–H groups in total. The summed E-state index contributed by atoms with van der Waals surface area (Å²) >= 11 is 11.0. The van der Waals surface area contributed by atoms with Gasteiger partial charge >= 0.3 is 0 Å². The van der Waals surface area contributed by atoms with Gasteiger partial charge in [-0.2, -0.15) is 10.2 Å². The van der Waals surface area contributed by atoms with Crippen molar-refractivity contribution in [3.63, 3.8) is 0 Å². The predicted octanol–water partition coefficient (Wildman–Crippen LogP) is 1.99. The van der Waals surface area contributed by atoms with Crippen molar-refractivity contribution in [2.45, 2.75) is 13.8 Å². The lowest BCUT2D eigenvalue weighted by Gasteiger charge is -2.36. The van der Waals surface area contributed by atoms with E-state index in [0.717, 1.165) is 49.0 Å². The summed E-state index contributed by atoms with van der Waals surface area (Å²) in [6.07, 6.45) is 3.48. The maximum absolute atomic E-state index is 5.48. The van der Waals surface area contributed by atoms with E-state index in [-0.39, 0.29) is 0 Å². The van der Waals surface area contributed by atoms with E-state index in [1.54, 1.807) is 12.4 Å². The zero-order chi connectivity index (χ0) is 21.3. The van der Waals surface area contributed by atoms with Crippen molar-refractivity contribution >= 4 is 46.1 Å². The highest BCUT2D eigenvalue weighted by molar-refractivity contribution is 7.80. The minimum atomic E-state index is 0.591. The van der Waals surface area contributed by atoms with Crippen LogP contribution in [0.1, 0.15) is 25.2 Å². The van der Waals surface area contributed by atoms with Gasteiger partial charge in [0.15, 0.2) is 10.2 Å². The third-order valence-corrected chi connectivity index (χ3v) is 5.26. The van der Waals surface area contributed by atoms with Crippen LogP contribution in [-0.4, -0.2) is 67.6 Å². The van der Waals surface area contributed by atoms with Crippen LogP contribution in [0.4, 0.5) is 0 Å². The highest BCUT2D eigenvalue weighted by atomic mass is 32.1. The number of piperazine rings is 1. The summed E-state index contributed by atoms with van der Waals surface area (Å²) in [5.74, 6) is 0. The molecule has 0 amide bonds. The number of aromatic nitrogens is 2. The Balaban J connectivity index is 1.46. The molecule has 1 aliphatic heterocycles. The third kappa shape index (κ3) is 6.01. The highest BCUT2D eigenvalue weighted by Gasteiger charge is 2.20. The van der Waals surface area contributed by atoms with Crippen molar-refractivity contribution in [1.29, 1.82) is 0 Å². The molecule has 3 rings (SSSR count). The second-order valence-corrected chi connectivity index (χ2v) is 7.41. The Morgan fingerprint density at radius 1 is 0.767 bits per heavy atom. The Bertz CT molecular complexity index is 845. The molecule has 3 heterocycles. The summed E-state index contributed by atoms with van der Waals surface area (Å²) in [6.45, 7) is 6.77. The standard InChI is InChI=1S/C20H24N8S2/c1-15(17-7-3-5-9-21-17)23-25-19(29)27-11-13-28(14-12-27)20(30)26-24-16(2)18-8-4-6-10-22-18/h3-10H,11-14H2,1-2H3,(H,25,29)(H,26,30)/b23-15+,24-16+. The van der Waals surface area contributed by atoms with Crippen molar-refractivity contribution in [2.24, 2.45) is 10.2 Å². The first-order chi connectivity index (χ1) is 14.5. The number of hydrogen-bond acceptors (Lipinski definition) is 6. The van der Waals surface area contributed by atoms with Crippen LogP contribution in [0.3, 0.4) is 0 Å². The lowest BCUT2D eigenvalue weighted by Crippen LogP contribution is -2.54. The van der Waals surface area contributed by atoms with Gasteiger partial charge in [-0.3, -0.25) is 20.8 Å². The molecule has 2 aromatic rings. The van der Waals surface area contributed by atoms with Gasteiger partial charge in [0, 0.05) is 38.6 Å². The molecule has 10 heteroatoms. The number of nitrogens with one attached hydrogen (secondary N) is 2. The molecule has 8 nitrogen and oxygen atoms in total. The number of nitrogens with zero attached hydrogens (tertiary/aromatic N) is 6. The molecule has 30 heavy (non-hydrogen) atoms. The van der Waals surface area contributed by atoms with E-state index < -0.39 is 0 Å². The maximum Gasteiger partial charge on any atom is 0.189 e. The summed E-state index contributed by atoms with van der Waals surface area (Å²) in [4.78, 5) is 12.7. The van der Waals surface area contributed by atoms with Gasteiger partial charge in [0.2, 0.25) is 0 Å². The highest BCUT2D eigenvalue weighted by Crippen LogP contribution is 2.04. The summed E-state index contributed by atoms with van der Waals surface area (Å²) < 4.78 is 0. The van der Waals surface area contributed by atoms with Gasteiger partial charge in [0.05, 0.1) is 22.8 Å². The van der Waals surface area contributed by atoms with Crippen molar-refractivity contribution in [3.8, 4) is 0 Å². The van der Waals surface area contributed by atoms with Crippen LogP contribution in [0.2, 0.25) is 0 Å². The van der Waals surface area contributed by atoms with Gasteiger partial charge in [-0.25, -0.2) is 0 Å². The Kier molecular flexibility index (Phi) is 7.75. The number of rotatable bonds is 4. The monoisotopic (exact) mass is 440 g/mol. The van der Waals surface area contributed by atoms with Crippen LogP contribution in [0, 0.1) is 0 Å². The number of thiocarbonyl (C=S) groups is 2. The second kappa shape index (κ2) is 10.7. The van der Waals surface area contributed by atoms with E-state index in [4.69, 9.17) is 24.4 Å². The predicted molar refractivity (Wildman–Crippen MR) is 128 cm³/mol. The molecule has 1 fully saturated rings. The van der Waals surface area contributed by atoms with E-state index in [1.165, 1.54) is 0 Å². The number of hydrogen-bond donors (Lipinski definition) is 2. The summed E-state index contributed by atoms with van der Waals surface area (Å²) in [5, 5.41) is 9.88. The fourth-order valence-corrected chi connectivity index (χ4v) is 3.24. The Morgan fingerprint density at radius 2 is 1.17 bits per heavy atom. The van der Waals surface area contributed by atoms with Gasteiger partial charge in [0.1, 0.15) is 0 Å². The molecular weight excluding hydrogens is 416 g/mol. The number of pyridine rings is 2. The smallest absolute Gasteiger partial charge is 0.189 e. The zero-order valence-corrected chi connectivity index (χ0v) is 18.6. The van der Waals surface area contributed by atoms with E-state index >= 15 is 0 Å². The zero-order valence-electron chi connectivity index (χ0n) is 16.9. The molecule has 1 aliphatic rings. The van der Waals surface area contributed by atoms with Crippen LogP contribution in [0.15, 0.2) is 59.0 Å². The molecule has 0 spiro atoms. The van der Waals surface area contributed by atoms with Gasteiger partial charge in [-0.15, -0.1) is 0 Å². The first kappa shape index (κ1) is 21.7. The SMILES string of the molecule is C/C(=N\NC(=S)N1CCN(C(=S)N/N=C(\C)c2ccccn2)CC1)c1ccccn1. The van der Waals surface area contributed by atoms with Gasteiger partial charge < -0.3 is 9.80 Å². The molecule has 0 atom stereocenters. The second-order valence-electron chi connectivity index (χ2n) is 6.63. The topological polar surface area (TPSA) is 81.0 Å². The lowest BCUT2D eigenvalue weighted by atomic mass is 10.3. The van der Waals surface area contributed by atoms with E-state index in [0.29, 0.717) is 10.2 Å². The molecule has 2 aromatic heterocycles. The molecule has 0 aromatic carbocycles. The quantitative estimate of drug-likeness (QED) is 0.425. The van der Waals surface area contributed by atoms with Gasteiger partial charge in [-0.1, -0.05) is 12.1 Å². The van der Waals surface area contributed by atoms with Crippen LogP contribution in [0.5, 0.6) is 0 Å². The maximum atomic E-state index is 5.48. The molecule has 0 bridgehead atoms.